The van der Waals surface area contributed by atoms with Crippen molar-refractivity contribution >= 4 is 0 Å². The predicted octanol–water partition coefficient (Wildman–Crippen LogP) is 1.44. The van der Waals surface area contributed by atoms with E-state index in [0.717, 1.165) is 5.56 Å². The highest BCUT2D eigenvalue weighted by Gasteiger charge is 2.28. The molecule has 1 aromatic heterocycles. The first-order chi connectivity index (χ1) is 6.53. The van der Waals surface area contributed by atoms with Gasteiger partial charge in [-0.15, -0.1) is 0 Å². The lowest BCUT2D eigenvalue weighted by Gasteiger charge is -2.16. The zero-order chi connectivity index (χ0) is 10.6. The molecule has 1 heterocycles. The minimum atomic E-state index is -2.74. The second-order valence-corrected chi connectivity index (χ2v) is 3.35. The van der Waals surface area contributed by atoms with Crippen molar-refractivity contribution in [3.05, 3.63) is 18.0 Å². The van der Waals surface area contributed by atoms with E-state index < -0.39 is 5.92 Å². The van der Waals surface area contributed by atoms with E-state index in [0.29, 0.717) is 6.54 Å². The van der Waals surface area contributed by atoms with Gasteiger partial charge in [0.15, 0.2) is 0 Å². The predicted molar refractivity (Wildman–Crippen MR) is 50.5 cm³/mol. The van der Waals surface area contributed by atoms with Crippen LogP contribution in [0.4, 0.5) is 8.78 Å². The van der Waals surface area contributed by atoms with Crippen LogP contribution in [0.1, 0.15) is 12.5 Å². The second kappa shape index (κ2) is 4.50. The van der Waals surface area contributed by atoms with Gasteiger partial charge in [-0.1, -0.05) is 6.92 Å². The molecule has 0 fully saturated rings. The summed E-state index contributed by atoms with van der Waals surface area (Å²) in [6, 6.07) is 0. The Labute approximate surface area is 82.1 Å². The smallest absolute Gasteiger partial charge is 0.279 e. The number of aromatic nitrogens is 2. The molecule has 0 aliphatic heterocycles. The highest BCUT2D eigenvalue weighted by atomic mass is 19.3. The molecule has 0 spiro atoms. The first kappa shape index (κ1) is 11.1. The fraction of sp³-hybridized carbons (Fsp3) is 0.667. The Morgan fingerprint density at radius 2 is 2.29 bits per heavy atom. The number of halogens is 2. The molecule has 0 radical (unpaired) electrons. The lowest BCUT2D eigenvalue weighted by atomic mass is 10.3. The molecule has 0 unspecified atom stereocenters. The third kappa shape index (κ3) is 3.41. The summed E-state index contributed by atoms with van der Waals surface area (Å²) in [6.45, 7) is 3.50. The third-order valence-electron chi connectivity index (χ3n) is 1.79. The summed E-state index contributed by atoms with van der Waals surface area (Å²) in [5, 5.41) is 6.44. The highest BCUT2D eigenvalue weighted by molar-refractivity contribution is 4.99. The molecule has 0 aliphatic carbocycles. The number of hydrogen-bond donors (Lipinski definition) is 1. The van der Waals surface area contributed by atoms with Crippen LogP contribution in [0.2, 0.25) is 0 Å². The van der Waals surface area contributed by atoms with Crippen molar-refractivity contribution in [2.24, 2.45) is 0 Å². The quantitative estimate of drug-likeness (QED) is 0.784. The van der Waals surface area contributed by atoms with Gasteiger partial charge in [-0.05, 0) is 19.0 Å². The summed E-state index contributed by atoms with van der Waals surface area (Å²) in [6.07, 6.45) is 3.18. The first-order valence-electron chi connectivity index (χ1n) is 4.61. The Kier molecular flexibility index (Phi) is 3.57. The van der Waals surface area contributed by atoms with Crippen molar-refractivity contribution in [2.75, 3.05) is 13.1 Å². The molecule has 5 heteroatoms. The maximum absolute atomic E-state index is 13.2. The van der Waals surface area contributed by atoms with Crippen LogP contribution in [0.25, 0.3) is 0 Å². The molecule has 1 rings (SSSR count). The Morgan fingerprint density at radius 3 is 2.79 bits per heavy atom. The highest BCUT2D eigenvalue weighted by Crippen LogP contribution is 2.14. The third-order valence-corrected chi connectivity index (χ3v) is 1.79. The zero-order valence-corrected chi connectivity index (χ0v) is 8.43. The molecule has 1 N–H and O–H groups in total. The Hall–Kier alpha value is -0.970. The average Bonchev–Trinajstić information content (AvgIpc) is 2.47. The number of nitrogens with one attached hydrogen (secondary N) is 1. The van der Waals surface area contributed by atoms with E-state index >= 15 is 0 Å². The fourth-order valence-electron chi connectivity index (χ4n) is 1.15. The van der Waals surface area contributed by atoms with Gasteiger partial charge in [0.2, 0.25) is 0 Å². The largest absolute Gasteiger partial charge is 0.311 e. The lowest BCUT2D eigenvalue weighted by molar-refractivity contribution is -0.0174. The van der Waals surface area contributed by atoms with Crippen LogP contribution in [0.5, 0.6) is 0 Å². The monoisotopic (exact) mass is 203 g/mol. The molecule has 0 saturated heterocycles. The van der Waals surface area contributed by atoms with E-state index in [1.54, 1.807) is 19.3 Å². The van der Waals surface area contributed by atoms with Gasteiger partial charge in [0.05, 0.1) is 12.7 Å². The second-order valence-electron chi connectivity index (χ2n) is 3.35. The normalized spacial score (nSPS) is 12.0. The number of alkyl halides is 2. The molecule has 0 aliphatic rings. The Bertz CT molecular complexity index is 283. The first-order valence-corrected chi connectivity index (χ1v) is 4.61. The van der Waals surface area contributed by atoms with E-state index in [4.69, 9.17) is 0 Å². The molecule has 0 atom stereocenters. The molecule has 3 nitrogen and oxygen atoms in total. The van der Waals surface area contributed by atoms with Gasteiger partial charge in [0.1, 0.15) is 6.54 Å². The summed E-state index contributed by atoms with van der Waals surface area (Å²) in [7, 11) is 0. The zero-order valence-electron chi connectivity index (χ0n) is 8.43. The van der Waals surface area contributed by atoms with Crippen LogP contribution in [-0.2, 0) is 6.54 Å². The molecule has 0 amide bonds. The van der Waals surface area contributed by atoms with Crippen molar-refractivity contribution in [1.29, 1.82) is 0 Å². The molecular formula is C9H15F2N3. The van der Waals surface area contributed by atoms with Crippen LogP contribution in [0.15, 0.2) is 12.4 Å². The van der Waals surface area contributed by atoms with Gasteiger partial charge in [0.25, 0.3) is 5.92 Å². The van der Waals surface area contributed by atoms with Crippen LogP contribution in [0, 0.1) is 6.92 Å². The number of nitrogens with zero attached hydrogens (tertiary/aromatic N) is 2. The maximum atomic E-state index is 13.2. The molecule has 14 heavy (non-hydrogen) atoms. The number of aryl methyl sites for hydroxylation is 1. The molecule has 0 bridgehead atoms. The van der Waals surface area contributed by atoms with Crippen molar-refractivity contribution in [2.45, 2.75) is 26.3 Å². The van der Waals surface area contributed by atoms with Crippen LogP contribution < -0.4 is 5.32 Å². The van der Waals surface area contributed by atoms with Crippen molar-refractivity contribution < 1.29 is 8.78 Å². The summed E-state index contributed by atoms with van der Waals surface area (Å²) in [5.41, 5.74) is 0.893. The number of rotatable bonds is 5. The average molecular weight is 203 g/mol. The van der Waals surface area contributed by atoms with Gasteiger partial charge >= 0.3 is 0 Å². The van der Waals surface area contributed by atoms with Gasteiger partial charge in [0, 0.05) is 6.20 Å². The SMILES string of the molecule is CCNCC(F)(F)Cn1cc(C)cn1. The minimum absolute atomic E-state index is 0.303. The molecule has 80 valence electrons. The minimum Gasteiger partial charge on any atom is -0.311 e. The van der Waals surface area contributed by atoms with Crippen molar-refractivity contribution in [1.82, 2.24) is 15.1 Å². The summed E-state index contributed by atoms with van der Waals surface area (Å²) >= 11 is 0. The van der Waals surface area contributed by atoms with Gasteiger partial charge in [-0.3, -0.25) is 4.68 Å². The maximum Gasteiger partial charge on any atom is 0.279 e. The lowest BCUT2D eigenvalue weighted by Crippen LogP contribution is -2.36. The fourth-order valence-corrected chi connectivity index (χ4v) is 1.15. The summed E-state index contributed by atoms with van der Waals surface area (Å²) in [5.74, 6) is -2.74. The van der Waals surface area contributed by atoms with Crippen molar-refractivity contribution in [3.63, 3.8) is 0 Å². The van der Waals surface area contributed by atoms with Crippen molar-refractivity contribution in [3.8, 4) is 0 Å². The molecular weight excluding hydrogens is 188 g/mol. The van der Waals surface area contributed by atoms with E-state index in [2.05, 4.69) is 10.4 Å². The van der Waals surface area contributed by atoms with Crippen LogP contribution in [0.3, 0.4) is 0 Å². The van der Waals surface area contributed by atoms with Gasteiger partial charge in [-0.25, -0.2) is 8.78 Å². The van der Waals surface area contributed by atoms with E-state index in [1.165, 1.54) is 4.68 Å². The van der Waals surface area contributed by atoms with Gasteiger partial charge < -0.3 is 5.32 Å². The topological polar surface area (TPSA) is 29.9 Å². The molecule has 0 aromatic carbocycles. The number of hydrogen-bond acceptors (Lipinski definition) is 2. The Balaban J connectivity index is 2.49. The van der Waals surface area contributed by atoms with E-state index in [-0.39, 0.29) is 13.1 Å². The van der Waals surface area contributed by atoms with E-state index in [1.807, 2.05) is 6.92 Å². The van der Waals surface area contributed by atoms with E-state index in [9.17, 15) is 8.78 Å². The summed E-state index contributed by atoms with van der Waals surface area (Å²) in [4.78, 5) is 0. The molecule has 0 saturated carbocycles. The summed E-state index contributed by atoms with van der Waals surface area (Å²) < 4.78 is 27.6. The van der Waals surface area contributed by atoms with Crippen LogP contribution >= 0.6 is 0 Å². The Morgan fingerprint density at radius 1 is 1.57 bits per heavy atom. The standard InChI is InChI=1S/C9H15F2N3/c1-3-12-6-9(10,11)7-14-5-8(2)4-13-14/h4-5,12H,3,6-7H2,1-2H3. The van der Waals surface area contributed by atoms with Crippen LogP contribution in [-0.4, -0.2) is 28.8 Å². The molecule has 1 aromatic rings. The van der Waals surface area contributed by atoms with Gasteiger partial charge in [-0.2, -0.15) is 5.10 Å².